The molecule has 2 heterocycles. The minimum absolute atomic E-state index is 0.0231. The summed E-state index contributed by atoms with van der Waals surface area (Å²) in [4.78, 5) is 0. The van der Waals surface area contributed by atoms with E-state index >= 15 is 0 Å². The molecular formula is C7H11ClN4O. The van der Waals surface area contributed by atoms with Crippen molar-refractivity contribution in [3.05, 3.63) is 6.20 Å². The van der Waals surface area contributed by atoms with Crippen LogP contribution in [0.4, 0.5) is 5.82 Å². The molecule has 1 aliphatic heterocycles. The van der Waals surface area contributed by atoms with Gasteiger partial charge in [0.2, 0.25) is 0 Å². The second kappa shape index (κ2) is 3.51. The molecule has 1 aromatic heterocycles. The molecule has 2 unspecified atom stereocenters. The van der Waals surface area contributed by atoms with E-state index in [1.807, 2.05) is 7.05 Å². The second-order valence-electron chi connectivity index (χ2n) is 3.05. The van der Waals surface area contributed by atoms with Gasteiger partial charge in [-0.15, -0.1) is 16.7 Å². The van der Waals surface area contributed by atoms with Crippen LogP contribution in [0.3, 0.4) is 0 Å². The molecule has 0 aromatic carbocycles. The van der Waals surface area contributed by atoms with E-state index in [2.05, 4.69) is 15.6 Å². The normalized spacial score (nSPS) is 27.8. The lowest BCUT2D eigenvalue weighted by Gasteiger charge is -2.14. The number of halogens is 1. The average Bonchev–Trinajstić information content (AvgIpc) is 2.65. The van der Waals surface area contributed by atoms with Gasteiger partial charge in [-0.05, 0) is 0 Å². The SMILES string of the molecule is Cn1nncc1NC1COCC1Cl. The van der Waals surface area contributed by atoms with Crippen LogP contribution in [0.2, 0.25) is 0 Å². The summed E-state index contributed by atoms with van der Waals surface area (Å²) >= 11 is 6.01. The lowest BCUT2D eigenvalue weighted by Crippen LogP contribution is -2.29. The van der Waals surface area contributed by atoms with Gasteiger partial charge in [0.1, 0.15) is 5.82 Å². The Bertz CT molecular complexity index is 290. The van der Waals surface area contributed by atoms with Gasteiger partial charge in [-0.3, -0.25) is 0 Å². The van der Waals surface area contributed by atoms with Gasteiger partial charge >= 0.3 is 0 Å². The summed E-state index contributed by atoms with van der Waals surface area (Å²) in [7, 11) is 1.83. The summed E-state index contributed by atoms with van der Waals surface area (Å²) in [6, 6.07) is 0.152. The third-order valence-electron chi connectivity index (χ3n) is 2.06. The number of hydrogen-bond acceptors (Lipinski definition) is 4. The molecule has 1 saturated heterocycles. The van der Waals surface area contributed by atoms with Gasteiger partial charge in [0.25, 0.3) is 0 Å². The Morgan fingerprint density at radius 3 is 3.08 bits per heavy atom. The van der Waals surface area contributed by atoms with E-state index in [0.717, 1.165) is 5.82 Å². The van der Waals surface area contributed by atoms with Crippen molar-refractivity contribution in [2.24, 2.45) is 7.05 Å². The maximum atomic E-state index is 6.01. The van der Waals surface area contributed by atoms with Gasteiger partial charge in [-0.2, -0.15) is 0 Å². The Kier molecular flexibility index (Phi) is 2.37. The molecule has 1 fully saturated rings. The van der Waals surface area contributed by atoms with Crippen LogP contribution >= 0.6 is 11.6 Å². The number of aryl methyl sites for hydroxylation is 1. The predicted molar refractivity (Wildman–Crippen MR) is 48.9 cm³/mol. The molecule has 1 N–H and O–H groups in total. The van der Waals surface area contributed by atoms with Gasteiger partial charge in [0.15, 0.2) is 0 Å². The quantitative estimate of drug-likeness (QED) is 0.698. The molecule has 0 amide bonds. The van der Waals surface area contributed by atoms with Gasteiger partial charge in [-0.25, -0.2) is 4.68 Å². The number of hydrogen-bond donors (Lipinski definition) is 1. The Labute approximate surface area is 81.0 Å². The smallest absolute Gasteiger partial charge is 0.144 e. The largest absolute Gasteiger partial charge is 0.378 e. The van der Waals surface area contributed by atoms with E-state index in [1.54, 1.807) is 10.9 Å². The zero-order chi connectivity index (χ0) is 9.26. The van der Waals surface area contributed by atoms with E-state index in [-0.39, 0.29) is 11.4 Å². The monoisotopic (exact) mass is 202 g/mol. The zero-order valence-corrected chi connectivity index (χ0v) is 8.03. The Balaban J connectivity index is 2.01. The first-order valence-corrected chi connectivity index (χ1v) is 4.54. The third kappa shape index (κ3) is 1.76. The summed E-state index contributed by atoms with van der Waals surface area (Å²) < 4.78 is 6.88. The standard InChI is InChI=1S/C7H11ClN4O/c1-12-7(2-9-11-12)10-6-4-13-3-5(6)8/h2,5-6,10H,3-4H2,1H3. The van der Waals surface area contributed by atoms with Crippen LogP contribution in [0, 0.1) is 0 Å². The van der Waals surface area contributed by atoms with Crippen LogP contribution in [-0.4, -0.2) is 39.6 Å². The lowest BCUT2D eigenvalue weighted by molar-refractivity contribution is 0.196. The van der Waals surface area contributed by atoms with Crippen LogP contribution in [0.15, 0.2) is 6.20 Å². The summed E-state index contributed by atoms with van der Waals surface area (Å²) in [5.74, 6) is 0.862. The number of ether oxygens (including phenoxy) is 1. The highest BCUT2D eigenvalue weighted by molar-refractivity contribution is 6.21. The van der Waals surface area contributed by atoms with Gasteiger partial charge in [0, 0.05) is 7.05 Å². The second-order valence-corrected chi connectivity index (χ2v) is 3.61. The average molecular weight is 203 g/mol. The van der Waals surface area contributed by atoms with Crippen LogP contribution in [-0.2, 0) is 11.8 Å². The van der Waals surface area contributed by atoms with Gasteiger partial charge in [-0.1, -0.05) is 5.21 Å². The molecule has 1 aliphatic rings. The van der Waals surface area contributed by atoms with Crippen molar-refractivity contribution in [1.29, 1.82) is 0 Å². The van der Waals surface area contributed by atoms with Crippen molar-refractivity contribution < 1.29 is 4.74 Å². The number of aromatic nitrogens is 3. The first kappa shape index (κ1) is 8.77. The fraction of sp³-hybridized carbons (Fsp3) is 0.714. The Morgan fingerprint density at radius 2 is 2.54 bits per heavy atom. The summed E-state index contributed by atoms with van der Waals surface area (Å²) in [6.07, 6.45) is 1.67. The van der Waals surface area contributed by atoms with Crippen molar-refractivity contribution in [3.8, 4) is 0 Å². The fourth-order valence-corrected chi connectivity index (χ4v) is 1.50. The zero-order valence-electron chi connectivity index (χ0n) is 7.27. The lowest BCUT2D eigenvalue weighted by atomic mass is 10.2. The summed E-state index contributed by atoms with van der Waals surface area (Å²) in [6.45, 7) is 1.24. The third-order valence-corrected chi connectivity index (χ3v) is 2.49. The molecule has 5 nitrogen and oxygen atoms in total. The highest BCUT2D eigenvalue weighted by atomic mass is 35.5. The maximum Gasteiger partial charge on any atom is 0.144 e. The van der Waals surface area contributed by atoms with Crippen LogP contribution in [0.5, 0.6) is 0 Å². The highest BCUT2D eigenvalue weighted by Crippen LogP contribution is 2.16. The topological polar surface area (TPSA) is 52.0 Å². The molecule has 13 heavy (non-hydrogen) atoms. The molecule has 72 valence electrons. The van der Waals surface area contributed by atoms with Gasteiger partial charge in [0.05, 0.1) is 30.8 Å². The molecule has 0 radical (unpaired) electrons. The van der Waals surface area contributed by atoms with Crippen LogP contribution in [0.1, 0.15) is 0 Å². The molecule has 0 spiro atoms. The molecular weight excluding hydrogens is 192 g/mol. The van der Waals surface area contributed by atoms with Crippen molar-refractivity contribution in [2.75, 3.05) is 18.5 Å². The molecule has 0 aliphatic carbocycles. The predicted octanol–water partition coefficient (Wildman–Crippen LogP) is 0.233. The fourth-order valence-electron chi connectivity index (χ4n) is 1.27. The van der Waals surface area contributed by atoms with E-state index in [9.17, 15) is 0 Å². The van der Waals surface area contributed by atoms with Crippen LogP contribution < -0.4 is 5.32 Å². The molecule has 0 saturated carbocycles. The van der Waals surface area contributed by atoms with Gasteiger partial charge < -0.3 is 10.1 Å². The molecule has 2 rings (SSSR count). The van der Waals surface area contributed by atoms with Crippen molar-refractivity contribution in [2.45, 2.75) is 11.4 Å². The minimum atomic E-state index is 0.0231. The first-order valence-electron chi connectivity index (χ1n) is 4.10. The van der Waals surface area contributed by atoms with Crippen molar-refractivity contribution in [3.63, 3.8) is 0 Å². The van der Waals surface area contributed by atoms with Crippen molar-refractivity contribution in [1.82, 2.24) is 15.0 Å². The summed E-state index contributed by atoms with van der Waals surface area (Å²) in [5.41, 5.74) is 0. The first-order chi connectivity index (χ1) is 6.27. The van der Waals surface area contributed by atoms with E-state index in [1.165, 1.54) is 0 Å². The molecule has 1 aromatic rings. The number of anilines is 1. The molecule has 6 heteroatoms. The Hall–Kier alpha value is -0.810. The highest BCUT2D eigenvalue weighted by Gasteiger charge is 2.26. The molecule has 2 atom stereocenters. The van der Waals surface area contributed by atoms with E-state index in [0.29, 0.717) is 13.2 Å². The van der Waals surface area contributed by atoms with E-state index in [4.69, 9.17) is 16.3 Å². The minimum Gasteiger partial charge on any atom is -0.378 e. The number of rotatable bonds is 2. The Morgan fingerprint density at radius 1 is 1.69 bits per heavy atom. The molecule has 0 bridgehead atoms. The maximum absolute atomic E-state index is 6.01. The van der Waals surface area contributed by atoms with Crippen LogP contribution in [0.25, 0.3) is 0 Å². The summed E-state index contributed by atoms with van der Waals surface area (Å²) in [5, 5.41) is 10.8. The number of nitrogens with zero attached hydrogens (tertiary/aromatic N) is 3. The number of nitrogens with one attached hydrogen (secondary N) is 1. The number of alkyl halides is 1. The van der Waals surface area contributed by atoms with E-state index < -0.39 is 0 Å². The van der Waals surface area contributed by atoms with Crippen molar-refractivity contribution >= 4 is 17.4 Å².